The van der Waals surface area contributed by atoms with Gasteiger partial charge in [-0.05, 0) is 43.6 Å². The molecular weight excluding hydrogens is 346 g/mol. The molecule has 1 saturated heterocycles. The molecule has 5 rings (SSSR count). The molecule has 4 heterocycles. The molecule has 0 amide bonds. The summed E-state index contributed by atoms with van der Waals surface area (Å²) in [6, 6.07) is 0. The van der Waals surface area contributed by atoms with Crippen LogP contribution in [-0.2, 0) is 12.8 Å². The SMILES string of the molecule is c1cnc(OCC2CCN(c3ncnc4sc5c(c34)CCC5)CC2)cn1. The standard InChI is InChI=1S/C19H21N5OS/c1-2-14-15(3-1)26-19-17(14)18(22-12-23-19)24-8-4-13(5-9-24)11-25-16-10-20-6-7-21-16/h6-7,10,12-13H,1-5,8-9,11H2. The van der Waals surface area contributed by atoms with Gasteiger partial charge in [0.05, 0.1) is 18.2 Å². The van der Waals surface area contributed by atoms with Crippen molar-refractivity contribution in [2.45, 2.75) is 32.1 Å². The molecule has 134 valence electrons. The number of piperidine rings is 1. The number of hydrogen-bond acceptors (Lipinski definition) is 7. The fraction of sp³-hybridized carbons (Fsp3) is 0.474. The van der Waals surface area contributed by atoms with Gasteiger partial charge in [0.2, 0.25) is 5.88 Å². The van der Waals surface area contributed by atoms with Crippen molar-refractivity contribution in [2.24, 2.45) is 5.92 Å². The van der Waals surface area contributed by atoms with E-state index in [1.54, 1.807) is 24.9 Å². The van der Waals surface area contributed by atoms with Crippen LogP contribution >= 0.6 is 11.3 Å². The van der Waals surface area contributed by atoms with Crippen LogP contribution in [0.25, 0.3) is 10.2 Å². The Labute approximate surface area is 156 Å². The van der Waals surface area contributed by atoms with E-state index in [9.17, 15) is 0 Å². The van der Waals surface area contributed by atoms with Crippen LogP contribution in [0.1, 0.15) is 29.7 Å². The summed E-state index contributed by atoms with van der Waals surface area (Å²) in [6.07, 6.45) is 12.6. The molecular formula is C19H21N5OS. The Balaban J connectivity index is 1.28. The summed E-state index contributed by atoms with van der Waals surface area (Å²) in [5, 5.41) is 1.32. The lowest BCUT2D eigenvalue weighted by Crippen LogP contribution is -2.36. The van der Waals surface area contributed by atoms with Crippen molar-refractivity contribution in [3.8, 4) is 5.88 Å². The maximum atomic E-state index is 5.79. The molecule has 6 nitrogen and oxygen atoms in total. The van der Waals surface area contributed by atoms with Crippen LogP contribution < -0.4 is 9.64 Å². The largest absolute Gasteiger partial charge is 0.476 e. The van der Waals surface area contributed by atoms with E-state index in [1.807, 2.05) is 11.3 Å². The fourth-order valence-electron chi connectivity index (χ4n) is 4.03. The summed E-state index contributed by atoms with van der Waals surface area (Å²) < 4.78 is 5.79. The molecule has 26 heavy (non-hydrogen) atoms. The molecule has 0 aromatic carbocycles. The number of hydrogen-bond donors (Lipinski definition) is 0. The molecule has 0 unspecified atom stereocenters. The van der Waals surface area contributed by atoms with Crippen LogP contribution in [0.2, 0.25) is 0 Å². The number of rotatable bonds is 4. The van der Waals surface area contributed by atoms with E-state index < -0.39 is 0 Å². The van der Waals surface area contributed by atoms with Crippen LogP contribution in [-0.4, -0.2) is 39.6 Å². The Morgan fingerprint density at radius 3 is 2.88 bits per heavy atom. The molecule has 0 N–H and O–H groups in total. The van der Waals surface area contributed by atoms with Gasteiger partial charge in [0.15, 0.2) is 0 Å². The molecule has 0 bridgehead atoms. The van der Waals surface area contributed by atoms with Crippen LogP contribution in [0.15, 0.2) is 24.9 Å². The van der Waals surface area contributed by atoms with Gasteiger partial charge in [0, 0.05) is 30.4 Å². The van der Waals surface area contributed by atoms with Crippen molar-refractivity contribution in [3.63, 3.8) is 0 Å². The number of anilines is 1. The second-order valence-corrected chi connectivity index (χ2v) is 8.10. The predicted molar refractivity (Wildman–Crippen MR) is 102 cm³/mol. The third-order valence-electron chi connectivity index (χ3n) is 5.40. The molecule has 0 saturated carbocycles. The van der Waals surface area contributed by atoms with Gasteiger partial charge in [-0.25, -0.2) is 15.0 Å². The van der Waals surface area contributed by atoms with Crippen LogP contribution in [0.5, 0.6) is 5.88 Å². The highest BCUT2D eigenvalue weighted by Crippen LogP contribution is 2.40. The summed E-state index contributed by atoms with van der Waals surface area (Å²) >= 11 is 1.86. The Morgan fingerprint density at radius 1 is 1.12 bits per heavy atom. The van der Waals surface area contributed by atoms with Gasteiger partial charge >= 0.3 is 0 Å². The smallest absolute Gasteiger partial charge is 0.232 e. The highest BCUT2D eigenvalue weighted by molar-refractivity contribution is 7.19. The van der Waals surface area contributed by atoms with Gasteiger partial charge in [-0.3, -0.25) is 4.98 Å². The van der Waals surface area contributed by atoms with E-state index in [1.165, 1.54) is 35.1 Å². The highest BCUT2D eigenvalue weighted by atomic mass is 32.1. The first-order valence-corrected chi connectivity index (χ1v) is 10.1. The summed E-state index contributed by atoms with van der Waals surface area (Å²) in [7, 11) is 0. The molecule has 3 aromatic heterocycles. The van der Waals surface area contributed by atoms with Crippen molar-refractivity contribution in [1.82, 2.24) is 19.9 Å². The van der Waals surface area contributed by atoms with Crippen molar-refractivity contribution in [1.29, 1.82) is 0 Å². The maximum absolute atomic E-state index is 5.79. The van der Waals surface area contributed by atoms with E-state index in [0.29, 0.717) is 18.4 Å². The minimum Gasteiger partial charge on any atom is -0.476 e. The van der Waals surface area contributed by atoms with Crippen molar-refractivity contribution in [2.75, 3.05) is 24.6 Å². The fourth-order valence-corrected chi connectivity index (χ4v) is 5.25. The van der Waals surface area contributed by atoms with E-state index in [4.69, 9.17) is 4.74 Å². The van der Waals surface area contributed by atoms with Crippen LogP contribution in [0.3, 0.4) is 0 Å². The topological polar surface area (TPSA) is 64.0 Å². The third-order valence-corrected chi connectivity index (χ3v) is 6.60. The second kappa shape index (κ2) is 6.79. The number of fused-ring (bicyclic) bond motifs is 3. The van der Waals surface area contributed by atoms with Gasteiger partial charge < -0.3 is 9.64 Å². The molecule has 2 aliphatic rings. The molecule has 0 spiro atoms. The first-order chi connectivity index (χ1) is 12.9. The molecule has 0 atom stereocenters. The average Bonchev–Trinajstić information content (AvgIpc) is 3.28. The Hall–Kier alpha value is -2.28. The molecule has 3 aromatic rings. The highest BCUT2D eigenvalue weighted by Gasteiger charge is 2.26. The summed E-state index contributed by atoms with van der Waals surface area (Å²) in [4.78, 5) is 22.5. The molecule has 1 fully saturated rings. The Morgan fingerprint density at radius 2 is 2.04 bits per heavy atom. The average molecular weight is 367 g/mol. The van der Waals surface area contributed by atoms with Gasteiger partial charge in [-0.2, -0.15) is 0 Å². The van der Waals surface area contributed by atoms with Crippen LogP contribution in [0.4, 0.5) is 5.82 Å². The minimum atomic E-state index is 0.554. The maximum Gasteiger partial charge on any atom is 0.232 e. The summed E-state index contributed by atoms with van der Waals surface area (Å²) in [5.41, 5.74) is 1.51. The van der Waals surface area contributed by atoms with Crippen molar-refractivity contribution in [3.05, 3.63) is 35.4 Å². The minimum absolute atomic E-state index is 0.554. The lowest BCUT2D eigenvalue weighted by atomic mass is 9.97. The monoisotopic (exact) mass is 367 g/mol. The number of aryl methyl sites for hydroxylation is 2. The molecule has 1 aliphatic heterocycles. The third kappa shape index (κ3) is 2.90. The summed E-state index contributed by atoms with van der Waals surface area (Å²) in [6.45, 7) is 2.75. The van der Waals surface area contributed by atoms with Gasteiger partial charge in [-0.1, -0.05) is 0 Å². The van der Waals surface area contributed by atoms with E-state index in [0.717, 1.165) is 36.6 Å². The number of ether oxygens (including phenoxy) is 1. The molecule has 1 aliphatic carbocycles. The zero-order chi connectivity index (χ0) is 17.3. The van der Waals surface area contributed by atoms with Gasteiger partial charge in [0.25, 0.3) is 0 Å². The molecule has 7 heteroatoms. The lowest BCUT2D eigenvalue weighted by molar-refractivity contribution is 0.215. The number of aromatic nitrogens is 4. The predicted octanol–water partition coefficient (Wildman–Crippen LogP) is 3.27. The van der Waals surface area contributed by atoms with Gasteiger partial charge in [0.1, 0.15) is 17.0 Å². The van der Waals surface area contributed by atoms with Gasteiger partial charge in [-0.15, -0.1) is 11.3 Å². The number of nitrogens with zero attached hydrogens (tertiary/aromatic N) is 5. The van der Waals surface area contributed by atoms with E-state index in [2.05, 4.69) is 24.8 Å². The summed E-state index contributed by atoms with van der Waals surface area (Å²) in [5.74, 6) is 2.31. The quantitative estimate of drug-likeness (QED) is 0.705. The van der Waals surface area contributed by atoms with Crippen molar-refractivity contribution >= 4 is 27.4 Å². The normalized spacial score (nSPS) is 17.6. The Kier molecular flexibility index (Phi) is 4.16. The van der Waals surface area contributed by atoms with E-state index in [-0.39, 0.29) is 0 Å². The zero-order valence-corrected chi connectivity index (χ0v) is 15.4. The zero-order valence-electron chi connectivity index (χ0n) is 14.6. The van der Waals surface area contributed by atoms with Crippen molar-refractivity contribution < 1.29 is 4.74 Å². The Bertz CT molecular complexity index is 905. The number of thiophene rings is 1. The second-order valence-electron chi connectivity index (χ2n) is 7.02. The first-order valence-electron chi connectivity index (χ1n) is 9.27. The molecule has 0 radical (unpaired) electrons. The lowest BCUT2D eigenvalue weighted by Gasteiger charge is -2.33. The van der Waals surface area contributed by atoms with E-state index >= 15 is 0 Å². The van der Waals surface area contributed by atoms with Crippen LogP contribution in [0, 0.1) is 5.92 Å². The first kappa shape index (κ1) is 15.9.